The number of β-amino-alcohol motifs (C(OH)–C–C–N with tert-alkyl or cyclic N) is 1. The Labute approximate surface area is 80.2 Å². The lowest BCUT2D eigenvalue weighted by atomic mass is 9.93. The molecule has 1 aliphatic heterocycles. The lowest BCUT2D eigenvalue weighted by Crippen LogP contribution is -2.52. The van der Waals surface area contributed by atoms with E-state index in [-0.39, 0.29) is 0 Å². The van der Waals surface area contributed by atoms with Gasteiger partial charge in [0.1, 0.15) is 0 Å². The molecule has 0 amide bonds. The molecule has 0 radical (unpaired) electrons. The van der Waals surface area contributed by atoms with Crippen molar-refractivity contribution in [2.24, 2.45) is 5.73 Å². The van der Waals surface area contributed by atoms with Crippen LogP contribution in [0.4, 0.5) is 0 Å². The van der Waals surface area contributed by atoms with Crippen LogP contribution in [-0.4, -0.2) is 41.8 Å². The van der Waals surface area contributed by atoms with Crippen LogP contribution in [-0.2, 0) is 0 Å². The van der Waals surface area contributed by atoms with Crippen molar-refractivity contribution in [3.63, 3.8) is 0 Å². The summed E-state index contributed by atoms with van der Waals surface area (Å²) in [6.07, 6.45) is 1.86. The van der Waals surface area contributed by atoms with Crippen LogP contribution in [0.25, 0.3) is 0 Å². The molecule has 0 saturated carbocycles. The van der Waals surface area contributed by atoms with Gasteiger partial charge in [0.25, 0.3) is 0 Å². The lowest BCUT2D eigenvalue weighted by molar-refractivity contribution is -0.0203. The summed E-state index contributed by atoms with van der Waals surface area (Å²) in [4.78, 5) is 2.22. The van der Waals surface area contributed by atoms with Gasteiger partial charge in [-0.05, 0) is 26.3 Å². The van der Waals surface area contributed by atoms with Crippen LogP contribution >= 0.6 is 0 Å². The molecular formula is C10H20N2O. The van der Waals surface area contributed by atoms with Gasteiger partial charge in [-0.25, -0.2) is 0 Å². The number of aliphatic hydroxyl groups is 1. The minimum Gasteiger partial charge on any atom is -0.387 e. The number of rotatable bonds is 3. The predicted molar refractivity (Wildman–Crippen MR) is 54.5 cm³/mol. The van der Waals surface area contributed by atoms with Crippen molar-refractivity contribution in [1.29, 1.82) is 0 Å². The van der Waals surface area contributed by atoms with Crippen molar-refractivity contribution >= 4 is 0 Å². The van der Waals surface area contributed by atoms with Crippen LogP contribution in [0.15, 0.2) is 12.2 Å². The maximum absolute atomic E-state index is 9.97. The second kappa shape index (κ2) is 4.22. The molecule has 1 saturated heterocycles. The zero-order valence-corrected chi connectivity index (χ0v) is 8.42. The van der Waals surface area contributed by atoms with Crippen molar-refractivity contribution in [1.82, 2.24) is 4.90 Å². The second-order valence-electron chi connectivity index (χ2n) is 4.20. The van der Waals surface area contributed by atoms with E-state index < -0.39 is 5.60 Å². The van der Waals surface area contributed by atoms with Crippen LogP contribution in [0.1, 0.15) is 19.8 Å². The second-order valence-corrected chi connectivity index (χ2v) is 4.20. The monoisotopic (exact) mass is 184 g/mol. The fraction of sp³-hybridized carbons (Fsp3) is 0.800. The maximum Gasteiger partial charge on any atom is 0.0896 e. The summed E-state index contributed by atoms with van der Waals surface area (Å²) in [5.41, 5.74) is 6.01. The third-order valence-electron chi connectivity index (χ3n) is 2.51. The van der Waals surface area contributed by atoms with Crippen molar-refractivity contribution in [3.8, 4) is 0 Å². The predicted octanol–water partition coefficient (Wildman–Crippen LogP) is 0.348. The molecule has 13 heavy (non-hydrogen) atoms. The number of nitrogens with two attached hydrogens (primary N) is 1. The molecule has 1 atom stereocenters. The van der Waals surface area contributed by atoms with Crippen LogP contribution in [0.3, 0.4) is 0 Å². The van der Waals surface area contributed by atoms with Crippen molar-refractivity contribution < 1.29 is 5.11 Å². The van der Waals surface area contributed by atoms with E-state index in [0.717, 1.165) is 31.5 Å². The molecule has 76 valence electrons. The molecule has 3 N–H and O–H groups in total. The third-order valence-corrected chi connectivity index (χ3v) is 2.51. The number of hydrogen-bond acceptors (Lipinski definition) is 3. The highest BCUT2D eigenvalue weighted by Gasteiger charge is 2.31. The van der Waals surface area contributed by atoms with Gasteiger partial charge in [0, 0.05) is 19.6 Å². The van der Waals surface area contributed by atoms with Gasteiger partial charge in [0.2, 0.25) is 0 Å². The van der Waals surface area contributed by atoms with E-state index in [1.807, 2.05) is 6.92 Å². The van der Waals surface area contributed by atoms with Gasteiger partial charge >= 0.3 is 0 Å². The van der Waals surface area contributed by atoms with Crippen molar-refractivity contribution in [2.45, 2.75) is 25.4 Å². The summed E-state index contributed by atoms with van der Waals surface area (Å²) in [5.74, 6) is 0. The van der Waals surface area contributed by atoms with Crippen LogP contribution < -0.4 is 5.73 Å². The standard InChI is InChI=1S/C10H20N2O/c1-9(2)6-12-5-3-4-10(13,7-11)8-12/h13H,1,3-8,11H2,2H3. The summed E-state index contributed by atoms with van der Waals surface area (Å²) in [6.45, 7) is 8.86. The third kappa shape index (κ3) is 3.10. The van der Waals surface area contributed by atoms with Gasteiger partial charge in [0.15, 0.2) is 0 Å². The summed E-state index contributed by atoms with van der Waals surface area (Å²) < 4.78 is 0. The normalized spacial score (nSPS) is 30.4. The molecule has 0 aliphatic carbocycles. The first-order valence-corrected chi connectivity index (χ1v) is 4.85. The first kappa shape index (κ1) is 10.7. The number of hydrogen-bond donors (Lipinski definition) is 2. The average Bonchev–Trinajstić information content (AvgIpc) is 2.03. The molecular weight excluding hydrogens is 164 g/mol. The fourth-order valence-corrected chi connectivity index (χ4v) is 1.89. The minimum atomic E-state index is -0.659. The molecule has 1 unspecified atom stereocenters. The van der Waals surface area contributed by atoms with Gasteiger partial charge in [-0.3, -0.25) is 4.90 Å². The van der Waals surface area contributed by atoms with E-state index in [9.17, 15) is 5.11 Å². The molecule has 3 nitrogen and oxygen atoms in total. The van der Waals surface area contributed by atoms with Gasteiger partial charge in [0.05, 0.1) is 5.60 Å². The first-order valence-electron chi connectivity index (χ1n) is 4.85. The van der Waals surface area contributed by atoms with E-state index in [4.69, 9.17) is 5.73 Å². The first-order chi connectivity index (χ1) is 6.06. The Hall–Kier alpha value is -0.380. The molecule has 3 heteroatoms. The maximum atomic E-state index is 9.97. The molecule has 0 bridgehead atoms. The largest absolute Gasteiger partial charge is 0.387 e. The highest BCUT2D eigenvalue weighted by atomic mass is 16.3. The summed E-state index contributed by atoms with van der Waals surface area (Å²) in [7, 11) is 0. The Kier molecular flexibility index (Phi) is 3.47. The minimum absolute atomic E-state index is 0.361. The number of likely N-dealkylation sites (tertiary alicyclic amines) is 1. The van der Waals surface area contributed by atoms with E-state index in [1.54, 1.807) is 0 Å². The van der Waals surface area contributed by atoms with Gasteiger partial charge in [-0.1, -0.05) is 12.2 Å². The van der Waals surface area contributed by atoms with Gasteiger partial charge in [-0.2, -0.15) is 0 Å². The molecule has 1 heterocycles. The Balaban J connectivity index is 2.46. The van der Waals surface area contributed by atoms with Crippen LogP contribution in [0.5, 0.6) is 0 Å². The van der Waals surface area contributed by atoms with Crippen molar-refractivity contribution in [3.05, 3.63) is 12.2 Å². The number of nitrogens with zero attached hydrogens (tertiary/aromatic N) is 1. The fourth-order valence-electron chi connectivity index (χ4n) is 1.89. The topological polar surface area (TPSA) is 49.5 Å². The highest BCUT2D eigenvalue weighted by molar-refractivity contribution is 4.96. The Morgan fingerprint density at radius 2 is 2.38 bits per heavy atom. The number of piperidine rings is 1. The van der Waals surface area contributed by atoms with E-state index in [0.29, 0.717) is 13.1 Å². The van der Waals surface area contributed by atoms with E-state index in [1.165, 1.54) is 0 Å². The SMILES string of the molecule is C=C(C)CN1CCCC(O)(CN)C1. The molecule has 0 aromatic carbocycles. The highest BCUT2D eigenvalue weighted by Crippen LogP contribution is 2.20. The quantitative estimate of drug-likeness (QED) is 0.622. The molecule has 0 spiro atoms. The van der Waals surface area contributed by atoms with Crippen LogP contribution in [0.2, 0.25) is 0 Å². The van der Waals surface area contributed by atoms with E-state index in [2.05, 4.69) is 11.5 Å². The summed E-state index contributed by atoms with van der Waals surface area (Å²) in [6, 6.07) is 0. The van der Waals surface area contributed by atoms with E-state index >= 15 is 0 Å². The molecule has 1 rings (SSSR count). The lowest BCUT2D eigenvalue weighted by Gasteiger charge is -2.38. The Morgan fingerprint density at radius 3 is 2.92 bits per heavy atom. The van der Waals surface area contributed by atoms with Crippen molar-refractivity contribution in [2.75, 3.05) is 26.2 Å². The van der Waals surface area contributed by atoms with Gasteiger partial charge < -0.3 is 10.8 Å². The molecule has 0 aromatic rings. The molecule has 1 aliphatic rings. The average molecular weight is 184 g/mol. The Morgan fingerprint density at radius 1 is 1.69 bits per heavy atom. The molecule has 1 fully saturated rings. The smallest absolute Gasteiger partial charge is 0.0896 e. The zero-order valence-electron chi connectivity index (χ0n) is 8.42. The zero-order chi connectivity index (χ0) is 9.90. The van der Waals surface area contributed by atoms with Gasteiger partial charge in [-0.15, -0.1) is 0 Å². The summed E-state index contributed by atoms with van der Waals surface area (Å²) >= 11 is 0. The molecule has 0 aromatic heterocycles. The summed E-state index contributed by atoms with van der Waals surface area (Å²) in [5, 5.41) is 9.97. The Bertz CT molecular complexity index is 193. The van der Waals surface area contributed by atoms with Crippen LogP contribution in [0, 0.1) is 0 Å².